The van der Waals surface area contributed by atoms with Crippen LogP contribution in [-0.2, 0) is 38.1 Å². The van der Waals surface area contributed by atoms with Crippen molar-refractivity contribution in [1.82, 2.24) is 0 Å². The van der Waals surface area contributed by atoms with Gasteiger partial charge in [0.05, 0.1) is 0 Å². The summed E-state index contributed by atoms with van der Waals surface area (Å²) in [6, 6.07) is 0. The molecule has 9 nitrogen and oxygen atoms in total. The minimum absolute atomic E-state index is 0.0960. The fourth-order valence-corrected chi connectivity index (χ4v) is 8.25. The third kappa shape index (κ3) is 7.12. The molecule has 43 heavy (non-hydrogen) atoms. The highest BCUT2D eigenvalue weighted by molar-refractivity contribution is 5.71. The van der Waals surface area contributed by atoms with Crippen LogP contribution in [0.25, 0.3) is 0 Å². The quantitative estimate of drug-likeness (QED) is 0.179. The molecule has 0 aliphatic heterocycles. The zero-order valence-electron chi connectivity index (χ0n) is 27.6. The Balaban J connectivity index is 2.26. The molecule has 0 aromatic heterocycles. The minimum atomic E-state index is -1.20. The molecule has 0 aromatic carbocycles. The third-order valence-corrected chi connectivity index (χ3v) is 10.2. The van der Waals surface area contributed by atoms with Crippen molar-refractivity contribution in [1.29, 1.82) is 0 Å². The molecule has 0 spiro atoms. The number of rotatable bonds is 11. The molecule has 2 saturated carbocycles. The fourth-order valence-electron chi connectivity index (χ4n) is 8.25. The SMILES string of the molecule is CCCC(=O)O[C@@H]1C[C@@]2(C)[C@@H]([C@@H]1C(C)C)[C@@H]1C=C(C)[C@@H](O)[C@@H](OC(C)=O)[C@H](OC(=O)CCC)[C@@]1(C)C[C@H]2OC(=O)CCC. The highest BCUT2D eigenvalue weighted by atomic mass is 16.6. The van der Waals surface area contributed by atoms with E-state index in [0.717, 1.165) is 0 Å². The van der Waals surface area contributed by atoms with E-state index in [-0.39, 0.29) is 48.5 Å². The second-order valence-corrected chi connectivity index (χ2v) is 13.9. The minimum Gasteiger partial charge on any atom is -0.462 e. The molecular formula is C34H54O9. The monoisotopic (exact) mass is 606 g/mol. The van der Waals surface area contributed by atoms with Crippen molar-refractivity contribution in [2.75, 3.05) is 0 Å². The summed E-state index contributed by atoms with van der Waals surface area (Å²) < 4.78 is 24.4. The van der Waals surface area contributed by atoms with E-state index in [1.807, 2.05) is 33.8 Å². The molecule has 0 saturated heterocycles. The van der Waals surface area contributed by atoms with E-state index >= 15 is 0 Å². The molecule has 0 amide bonds. The lowest BCUT2D eigenvalue weighted by Gasteiger charge is -2.57. The van der Waals surface area contributed by atoms with Crippen LogP contribution in [0.3, 0.4) is 0 Å². The Kier molecular flexibility index (Phi) is 11.5. The Labute approximate surface area is 257 Å². The number of carbonyl (C=O) groups is 4. The van der Waals surface area contributed by atoms with Crippen LogP contribution in [0.5, 0.6) is 0 Å². The Hall–Kier alpha value is -2.42. The number of hydrogen-bond acceptors (Lipinski definition) is 9. The van der Waals surface area contributed by atoms with Crippen LogP contribution < -0.4 is 0 Å². The molecule has 9 heteroatoms. The van der Waals surface area contributed by atoms with Crippen molar-refractivity contribution in [2.24, 2.45) is 34.5 Å². The van der Waals surface area contributed by atoms with Gasteiger partial charge in [-0.05, 0) is 62.4 Å². The van der Waals surface area contributed by atoms with Crippen LogP contribution in [0.4, 0.5) is 0 Å². The summed E-state index contributed by atoms with van der Waals surface area (Å²) in [5, 5.41) is 11.5. The standard InChI is InChI=1S/C34H54O9/c1-10-13-25(36)41-23-17-34(9)24(42-26(37)14-11-2)18-33(8)22(29(34)28(23)19(4)5)16-20(6)30(39)31(40-21(7)35)32(33)43-27(38)15-12-3/h16,19,22-24,28-32,39H,10-15,17-18H2,1-9H3/t22-,23+,24+,28+,29+,30+,31+,32-,33-,34+/m0/s1. The van der Waals surface area contributed by atoms with Gasteiger partial charge in [0, 0.05) is 42.9 Å². The van der Waals surface area contributed by atoms with E-state index in [1.165, 1.54) is 6.92 Å². The Morgan fingerprint density at radius 1 is 0.860 bits per heavy atom. The van der Waals surface area contributed by atoms with Gasteiger partial charge in [-0.15, -0.1) is 0 Å². The molecule has 0 radical (unpaired) electrons. The van der Waals surface area contributed by atoms with Gasteiger partial charge in [-0.3, -0.25) is 19.2 Å². The van der Waals surface area contributed by atoms with Crippen molar-refractivity contribution in [3.8, 4) is 0 Å². The van der Waals surface area contributed by atoms with Gasteiger partial charge in [0.2, 0.25) is 0 Å². The van der Waals surface area contributed by atoms with Gasteiger partial charge in [-0.2, -0.15) is 0 Å². The van der Waals surface area contributed by atoms with Crippen molar-refractivity contribution in [2.45, 2.75) is 144 Å². The highest BCUT2D eigenvalue weighted by Crippen LogP contribution is 2.67. The van der Waals surface area contributed by atoms with Crippen molar-refractivity contribution in [3.05, 3.63) is 11.6 Å². The first-order valence-corrected chi connectivity index (χ1v) is 16.3. The van der Waals surface area contributed by atoms with Crippen molar-refractivity contribution in [3.63, 3.8) is 0 Å². The lowest BCUT2D eigenvalue weighted by Crippen LogP contribution is -2.61. The van der Waals surface area contributed by atoms with Crippen LogP contribution in [-0.4, -0.2) is 59.5 Å². The fraction of sp³-hybridized carbons (Fsp3) is 0.824. The second kappa shape index (κ2) is 14.1. The van der Waals surface area contributed by atoms with E-state index in [0.29, 0.717) is 44.1 Å². The summed E-state index contributed by atoms with van der Waals surface area (Å²) >= 11 is 0. The maximum Gasteiger partial charge on any atom is 0.306 e. The lowest BCUT2D eigenvalue weighted by molar-refractivity contribution is -0.215. The number of aliphatic hydroxyl groups excluding tert-OH is 1. The first-order chi connectivity index (χ1) is 20.1. The second-order valence-electron chi connectivity index (χ2n) is 13.9. The van der Waals surface area contributed by atoms with E-state index < -0.39 is 53.3 Å². The van der Waals surface area contributed by atoms with Crippen LogP contribution in [0.1, 0.15) is 114 Å². The highest BCUT2D eigenvalue weighted by Gasteiger charge is 2.69. The summed E-state index contributed by atoms with van der Waals surface area (Å²) in [5.74, 6) is -2.00. The Bertz CT molecular complexity index is 1070. The van der Waals surface area contributed by atoms with Gasteiger partial charge in [0.1, 0.15) is 24.4 Å². The molecule has 3 aliphatic rings. The average molecular weight is 607 g/mol. The maximum absolute atomic E-state index is 13.1. The van der Waals surface area contributed by atoms with Crippen LogP contribution >= 0.6 is 0 Å². The van der Waals surface area contributed by atoms with Crippen LogP contribution in [0.2, 0.25) is 0 Å². The number of aliphatic hydroxyl groups is 1. The molecule has 0 bridgehead atoms. The molecule has 0 aromatic rings. The Morgan fingerprint density at radius 2 is 1.40 bits per heavy atom. The number of fused-ring (bicyclic) bond motifs is 3. The molecule has 1 N–H and O–H groups in total. The first kappa shape index (κ1) is 35.1. The molecule has 3 rings (SSSR count). The topological polar surface area (TPSA) is 125 Å². The van der Waals surface area contributed by atoms with Crippen LogP contribution in [0.15, 0.2) is 11.6 Å². The molecule has 2 fully saturated rings. The van der Waals surface area contributed by atoms with E-state index in [1.54, 1.807) is 6.92 Å². The van der Waals surface area contributed by atoms with E-state index in [9.17, 15) is 24.3 Å². The maximum atomic E-state index is 13.1. The van der Waals surface area contributed by atoms with Gasteiger partial charge >= 0.3 is 23.9 Å². The molecular weight excluding hydrogens is 552 g/mol. The lowest BCUT2D eigenvalue weighted by atomic mass is 9.49. The molecule has 0 unspecified atom stereocenters. The third-order valence-electron chi connectivity index (χ3n) is 10.2. The van der Waals surface area contributed by atoms with E-state index in [4.69, 9.17) is 18.9 Å². The van der Waals surface area contributed by atoms with Gasteiger partial charge < -0.3 is 24.1 Å². The molecule has 3 aliphatic carbocycles. The molecule has 244 valence electrons. The summed E-state index contributed by atoms with van der Waals surface area (Å²) in [5.41, 5.74) is -0.839. The molecule has 10 atom stereocenters. The van der Waals surface area contributed by atoms with E-state index in [2.05, 4.69) is 20.8 Å². The number of carbonyl (C=O) groups excluding carboxylic acids is 4. The summed E-state index contributed by atoms with van der Waals surface area (Å²) in [6.07, 6.45) is 1.22. The van der Waals surface area contributed by atoms with Crippen LogP contribution in [0, 0.1) is 34.5 Å². The number of allylic oxidation sites excluding steroid dienone is 1. The van der Waals surface area contributed by atoms with Crippen molar-refractivity contribution >= 4 is 23.9 Å². The summed E-state index contributed by atoms with van der Waals surface area (Å²) in [4.78, 5) is 51.4. The zero-order chi connectivity index (χ0) is 32.3. The number of esters is 4. The van der Waals surface area contributed by atoms with Crippen molar-refractivity contribution < 1.29 is 43.2 Å². The largest absolute Gasteiger partial charge is 0.462 e. The first-order valence-electron chi connectivity index (χ1n) is 16.3. The normalized spacial score (nSPS) is 37.0. The van der Waals surface area contributed by atoms with Gasteiger partial charge in [0.15, 0.2) is 6.10 Å². The zero-order valence-corrected chi connectivity index (χ0v) is 27.6. The number of ether oxygens (including phenoxy) is 4. The predicted molar refractivity (Wildman–Crippen MR) is 160 cm³/mol. The smallest absolute Gasteiger partial charge is 0.306 e. The van der Waals surface area contributed by atoms with Gasteiger partial charge in [-0.1, -0.05) is 54.5 Å². The van der Waals surface area contributed by atoms with Gasteiger partial charge in [-0.25, -0.2) is 0 Å². The molecule has 0 heterocycles. The van der Waals surface area contributed by atoms with Gasteiger partial charge in [0.25, 0.3) is 0 Å². The predicted octanol–water partition coefficient (Wildman–Crippen LogP) is 5.70. The number of hydrogen-bond donors (Lipinski definition) is 1. The Morgan fingerprint density at radius 3 is 1.91 bits per heavy atom. The summed E-state index contributed by atoms with van der Waals surface area (Å²) in [7, 11) is 0. The average Bonchev–Trinajstić information content (AvgIpc) is 3.17. The summed E-state index contributed by atoms with van der Waals surface area (Å²) in [6.45, 7) is 17.2.